The highest BCUT2D eigenvalue weighted by Gasteiger charge is 2.27. The first-order valence-electron chi connectivity index (χ1n) is 7.34. The van der Waals surface area contributed by atoms with Gasteiger partial charge in [-0.25, -0.2) is 8.42 Å². The normalized spacial score (nSPS) is 16.1. The molecule has 0 atom stereocenters. The van der Waals surface area contributed by atoms with E-state index in [9.17, 15) is 8.42 Å². The lowest BCUT2D eigenvalue weighted by Gasteiger charge is -2.23. The van der Waals surface area contributed by atoms with Crippen molar-refractivity contribution >= 4 is 15.7 Å². The van der Waals surface area contributed by atoms with Crippen LogP contribution in [0.5, 0.6) is 0 Å². The zero-order chi connectivity index (χ0) is 15.3. The van der Waals surface area contributed by atoms with Gasteiger partial charge in [0.2, 0.25) is 10.0 Å². The highest BCUT2D eigenvalue weighted by Crippen LogP contribution is 2.26. The molecule has 0 heterocycles. The minimum Gasteiger partial charge on any atom is -0.320 e. The van der Waals surface area contributed by atoms with Crippen molar-refractivity contribution in [3.8, 4) is 11.8 Å². The molecule has 1 fully saturated rings. The maximum atomic E-state index is 12.5. The third-order valence-electron chi connectivity index (χ3n) is 3.74. The maximum absolute atomic E-state index is 12.5. The summed E-state index contributed by atoms with van der Waals surface area (Å²) in [6.07, 6.45) is 4.58. The Morgan fingerprint density at radius 2 is 2.00 bits per heavy atom. The van der Waals surface area contributed by atoms with E-state index in [4.69, 9.17) is 5.73 Å². The van der Waals surface area contributed by atoms with Gasteiger partial charge < -0.3 is 5.73 Å². The topological polar surface area (TPSA) is 72.2 Å². The van der Waals surface area contributed by atoms with E-state index < -0.39 is 10.0 Å². The summed E-state index contributed by atoms with van der Waals surface area (Å²) in [6, 6.07) is 5.57. The fourth-order valence-electron chi connectivity index (χ4n) is 2.61. The molecule has 1 saturated carbocycles. The van der Waals surface area contributed by atoms with E-state index in [2.05, 4.69) is 16.6 Å². The average Bonchev–Trinajstić information content (AvgIpc) is 2.47. The molecule has 0 unspecified atom stereocenters. The van der Waals surface area contributed by atoms with Crippen LogP contribution in [0.15, 0.2) is 18.2 Å². The molecule has 0 spiro atoms. The summed E-state index contributed by atoms with van der Waals surface area (Å²) >= 11 is 0. The molecular weight excluding hydrogens is 284 g/mol. The molecule has 4 nitrogen and oxygen atoms in total. The number of rotatable bonds is 3. The molecule has 1 aromatic rings. The number of benzene rings is 1. The van der Waals surface area contributed by atoms with Crippen LogP contribution < -0.4 is 10.5 Å². The second kappa shape index (κ2) is 6.97. The Hall–Kier alpha value is -1.51. The molecule has 0 saturated heterocycles. The molecule has 0 bridgehead atoms. The van der Waals surface area contributed by atoms with Crippen LogP contribution in [0.25, 0.3) is 0 Å². The van der Waals surface area contributed by atoms with Crippen LogP contribution in [0, 0.1) is 18.8 Å². The van der Waals surface area contributed by atoms with Crippen molar-refractivity contribution < 1.29 is 8.42 Å². The number of hydrogen-bond donors (Lipinski definition) is 2. The minimum absolute atomic E-state index is 0.253. The Morgan fingerprint density at radius 3 is 2.67 bits per heavy atom. The van der Waals surface area contributed by atoms with Crippen LogP contribution in [0.3, 0.4) is 0 Å². The highest BCUT2D eigenvalue weighted by atomic mass is 32.2. The SMILES string of the molecule is Cc1ccc(C#CCN)c(NS(=O)(=O)C2CCCCC2)c1. The molecular formula is C16H22N2O2S. The van der Waals surface area contributed by atoms with Crippen LogP contribution in [0.4, 0.5) is 5.69 Å². The second-order valence-corrected chi connectivity index (χ2v) is 7.42. The predicted octanol–water partition coefficient (Wildman–Crippen LogP) is 2.38. The van der Waals surface area contributed by atoms with Crippen molar-refractivity contribution in [2.24, 2.45) is 5.73 Å². The molecule has 1 aliphatic rings. The lowest BCUT2D eigenvalue weighted by atomic mass is 10.0. The van der Waals surface area contributed by atoms with Crippen molar-refractivity contribution in [3.63, 3.8) is 0 Å². The smallest absolute Gasteiger partial charge is 0.235 e. The average molecular weight is 306 g/mol. The molecule has 0 aromatic heterocycles. The lowest BCUT2D eigenvalue weighted by molar-refractivity contribution is 0.486. The van der Waals surface area contributed by atoms with E-state index in [1.54, 1.807) is 0 Å². The maximum Gasteiger partial charge on any atom is 0.235 e. The van der Waals surface area contributed by atoms with E-state index in [-0.39, 0.29) is 11.8 Å². The van der Waals surface area contributed by atoms with Gasteiger partial charge >= 0.3 is 0 Å². The molecule has 1 aromatic carbocycles. The molecule has 3 N–H and O–H groups in total. The Labute approximate surface area is 127 Å². The first-order chi connectivity index (χ1) is 10.0. The lowest BCUT2D eigenvalue weighted by Crippen LogP contribution is -2.30. The molecule has 5 heteroatoms. The Balaban J connectivity index is 2.27. The van der Waals surface area contributed by atoms with Gasteiger partial charge in [0, 0.05) is 5.56 Å². The number of sulfonamides is 1. The molecule has 0 radical (unpaired) electrons. The van der Waals surface area contributed by atoms with E-state index in [1.807, 2.05) is 25.1 Å². The number of nitrogens with two attached hydrogens (primary N) is 1. The van der Waals surface area contributed by atoms with Crippen LogP contribution in [0.2, 0.25) is 0 Å². The fraction of sp³-hybridized carbons (Fsp3) is 0.500. The third-order valence-corrected chi connectivity index (χ3v) is 5.60. The zero-order valence-electron chi connectivity index (χ0n) is 12.4. The molecule has 0 amide bonds. The summed E-state index contributed by atoms with van der Waals surface area (Å²) in [6.45, 7) is 2.18. The first kappa shape index (κ1) is 15.9. The van der Waals surface area contributed by atoms with Gasteiger partial charge in [-0.3, -0.25) is 4.72 Å². The summed E-state index contributed by atoms with van der Waals surface area (Å²) in [5.74, 6) is 5.70. The summed E-state index contributed by atoms with van der Waals surface area (Å²) in [7, 11) is -3.35. The summed E-state index contributed by atoms with van der Waals surface area (Å²) < 4.78 is 27.8. The number of nitrogens with one attached hydrogen (secondary N) is 1. The largest absolute Gasteiger partial charge is 0.320 e. The monoisotopic (exact) mass is 306 g/mol. The van der Waals surface area contributed by atoms with Crippen molar-refractivity contribution in [3.05, 3.63) is 29.3 Å². The van der Waals surface area contributed by atoms with Crippen LogP contribution in [0.1, 0.15) is 43.2 Å². The molecule has 21 heavy (non-hydrogen) atoms. The van der Waals surface area contributed by atoms with Crippen molar-refractivity contribution in [2.75, 3.05) is 11.3 Å². The summed E-state index contributed by atoms with van der Waals surface area (Å²) in [5.41, 5.74) is 7.61. The van der Waals surface area contributed by atoms with Gasteiger partial charge in [0.1, 0.15) is 0 Å². The Morgan fingerprint density at radius 1 is 1.29 bits per heavy atom. The van der Waals surface area contributed by atoms with Gasteiger partial charge in [-0.15, -0.1) is 0 Å². The van der Waals surface area contributed by atoms with Gasteiger partial charge in [-0.1, -0.05) is 37.2 Å². The summed E-state index contributed by atoms with van der Waals surface area (Å²) in [5, 5.41) is -0.290. The molecule has 0 aliphatic heterocycles. The van der Waals surface area contributed by atoms with E-state index in [0.717, 1.165) is 37.7 Å². The van der Waals surface area contributed by atoms with Gasteiger partial charge in [0.15, 0.2) is 0 Å². The van der Waals surface area contributed by atoms with Crippen molar-refractivity contribution in [1.29, 1.82) is 0 Å². The Kier molecular flexibility index (Phi) is 5.27. The summed E-state index contributed by atoms with van der Waals surface area (Å²) in [4.78, 5) is 0. The van der Waals surface area contributed by atoms with E-state index in [0.29, 0.717) is 11.3 Å². The molecule has 2 rings (SSSR count). The van der Waals surface area contributed by atoms with E-state index >= 15 is 0 Å². The zero-order valence-corrected chi connectivity index (χ0v) is 13.2. The highest BCUT2D eigenvalue weighted by molar-refractivity contribution is 7.93. The first-order valence-corrected chi connectivity index (χ1v) is 8.89. The quantitative estimate of drug-likeness (QED) is 0.842. The van der Waals surface area contributed by atoms with Gasteiger partial charge in [0.25, 0.3) is 0 Å². The van der Waals surface area contributed by atoms with Crippen LogP contribution >= 0.6 is 0 Å². The molecule has 1 aliphatic carbocycles. The standard InChI is InChI=1S/C16H22N2O2S/c1-13-9-10-14(6-5-11-17)16(12-13)18-21(19,20)15-7-3-2-4-8-15/h9-10,12,15,18H,2-4,7-8,11,17H2,1H3. The van der Waals surface area contributed by atoms with Gasteiger partial charge in [-0.2, -0.15) is 0 Å². The van der Waals surface area contributed by atoms with E-state index in [1.165, 1.54) is 0 Å². The minimum atomic E-state index is -3.35. The van der Waals surface area contributed by atoms with Crippen LogP contribution in [-0.4, -0.2) is 20.2 Å². The van der Waals surface area contributed by atoms with Crippen LogP contribution in [-0.2, 0) is 10.0 Å². The Bertz CT molecular complexity index is 651. The van der Waals surface area contributed by atoms with Crippen molar-refractivity contribution in [1.82, 2.24) is 0 Å². The van der Waals surface area contributed by atoms with Gasteiger partial charge in [0.05, 0.1) is 17.5 Å². The van der Waals surface area contributed by atoms with Gasteiger partial charge in [-0.05, 0) is 37.5 Å². The molecule has 114 valence electrons. The predicted molar refractivity (Wildman–Crippen MR) is 86.5 cm³/mol. The van der Waals surface area contributed by atoms with Crippen molar-refractivity contribution in [2.45, 2.75) is 44.3 Å². The number of hydrogen-bond acceptors (Lipinski definition) is 3. The third kappa shape index (κ3) is 4.23. The number of aryl methyl sites for hydroxylation is 1. The second-order valence-electron chi connectivity index (χ2n) is 5.46. The number of anilines is 1. The fourth-order valence-corrected chi connectivity index (χ4v) is 4.21.